The van der Waals surface area contributed by atoms with Gasteiger partial charge in [0, 0.05) is 31.6 Å². The molecule has 1 heterocycles. The van der Waals surface area contributed by atoms with Crippen LogP contribution in [0.2, 0.25) is 5.02 Å². The van der Waals surface area contributed by atoms with Crippen LogP contribution < -0.4 is 4.90 Å². The van der Waals surface area contributed by atoms with E-state index in [-0.39, 0.29) is 17.5 Å². The Labute approximate surface area is 161 Å². The van der Waals surface area contributed by atoms with E-state index in [4.69, 9.17) is 11.6 Å². The second-order valence-corrected chi connectivity index (χ2v) is 7.09. The minimum absolute atomic E-state index is 0.203. The van der Waals surface area contributed by atoms with E-state index in [0.29, 0.717) is 18.0 Å². The highest BCUT2D eigenvalue weighted by atomic mass is 35.5. The Hall–Kier alpha value is -2.47. The first kappa shape index (κ1) is 19.3. The Kier molecular flexibility index (Phi) is 5.46. The monoisotopic (exact) mass is 392 g/mol. The Balaban J connectivity index is 1.99. The standard InChI is InChI=1S/C20H19ClF2N2O2/c1-24-10-9-14(12-5-3-6-13(21)11-12)17(19(24)26)20(27)25(2)16-8-4-7-15(22)18(16)23/h3-8,11,14,17H,9-10H2,1-2H3/t14-,17-/m1/s1. The molecule has 3 rings (SSSR count). The van der Waals surface area contributed by atoms with Gasteiger partial charge < -0.3 is 9.80 Å². The smallest absolute Gasteiger partial charge is 0.240 e. The van der Waals surface area contributed by atoms with Crippen LogP contribution >= 0.6 is 11.6 Å². The molecule has 0 bridgehead atoms. The molecule has 0 unspecified atom stereocenters. The average Bonchev–Trinajstić information content (AvgIpc) is 2.65. The topological polar surface area (TPSA) is 40.6 Å². The van der Waals surface area contributed by atoms with Crippen LogP contribution in [0.25, 0.3) is 0 Å². The summed E-state index contributed by atoms with van der Waals surface area (Å²) >= 11 is 6.07. The van der Waals surface area contributed by atoms with Gasteiger partial charge in [0.1, 0.15) is 5.92 Å². The normalized spacial score (nSPS) is 19.9. The van der Waals surface area contributed by atoms with Crippen LogP contribution in [0.3, 0.4) is 0 Å². The molecule has 0 aromatic heterocycles. The molecule has 1 aliphatic heterocycles. The van der Waals surface area contributed by atoms with E-state index in [1.807, 2.05) is 6.07 Å². The third-order valence-electron chi connectivity index (χ3n) is 4.99. The number of amides is 2. The maximum atomic E-state index is 14.1. The number of likely N-dealkylation sites (tertiary alicyclic amines) is 1. The Bertz CT molecular complexity index is 890. The summed E-state index contributed by atoms with van der Waals surface area (Å²) in [5, 5.41) is 0.509. The maximum absolute atomic E-state index is 14.1. The lowest BCUT2D eigenvalue weighted by atomic mass is 9.79. The van der Waals surface area contributed by atoms with E-state index >= 15 is 0 Å². The molecular formula is C20H19ClF2N2O2. The van der Waals surface area contributed by atoms with Crippen LogP contribution in [0.1, 0.15) is 17.9 Å². The van der Waals surface area contributed by atoms with Crippen molar-refractivity contribution in [2.75, 3.05) is 25.5 Å². The molecule has 7 heteroatoms. The van der Waals surface area contributed by atoms with Gasteiger partial charge in [0.15, 0.2) is 11.6 Å². The van der Waals surface area contributed by atoms with Gasteiger partial charge >= 0.3 is 0 Å². The highest BCUT2D eigenvalue weighted by Gasteiger charge is 2.42. The number of hydrogen-bond acceptors (Lipinski definition) is 2. The minimum Gasteiger partial charge on any atom is -0.345 e. The van der Waals surface area contributed by atoms with Crippen molar-refractivity contribution in [3.05, 3.63) is 64.7 Å². The lowest BCUT2D eigenvalue weighted by Crippen LogP contribution is -2.50. The van der Waals surface area contributed by atoms with Crippen LogP contribution in [0.15, 0.2) is 42.5 Å². The summed E-state index contributed by atoms with van der Waals surface area (Å²) in [7, 11) is 2.97. The summed E-state index contributed by atoms with van der Waals surface area (Å²) in [4.78, 5) is 28.4. The second kappa shape index (κ2) is 7.64. The molecule has 1 fully saturated rings. The summed E-state index contributed by atoms with van der Waals surface area (Å²) in [6.07, 6.45) is 0.568. The highest BCUT2D eigenvalue weighted by Crippen LogP contribution is 2.36. The predicted molar refractivity (Wildman–Crippen MR) is 99.7 cm³/mol. The molecule has 2 aromatic carbocycles. The summed E-state index contributed by atoms with van der Waals surface area (Å²) < 4.78 is 27.7. The van der Waals surface area contributed by atoms with Gasteiger partial charge in [-0.15, -0.1) is 0 Å². The number of carbonyl (C=O) groups excluding carboxylic acids is 2. The highest BCUT2D eigenvalue weighted by molar-refractivity contribution is 6.30. The first-order valence-electron chi connectivity index (χ1n) is 8.53. The first-order valence-corrected chi connectivity index (χ1v) is 8.91. The van der Waals surface area contributed by atoms with Gasteiger partial charge in [0.2, 0.25) is 11.8 Å². The van der Waals surface area contributed by atoms with E-state index in [9.17, 15) is 18.4 Å². The number of carbonyl (C=O) groups is 2. The summed E-state index contributed by atoms with van der Waals surface area (Å²) in [5.41, 5.74) is 0.571. The molecule has 1 saturated heterocycles. The van der Waals surface area contributed by atoms with E-state index < -0.39 is 23.5 Å². The number of halogens is 3. The molecule has 0 aliphatic carbocycles. The molecule has 0 spiro atoms. The van der Waals surface area contributed by atoms with E-state index in [2.05, 4.69) is 0 Å². The second-order valence-electron chi connectivity index (χ2n) is 6.66. The number of benzene rings is 2. The molecule has 2 atom stereocenters. The van der Waals surface area contributed by atoms with Crippen molar-refractivity contribution in [3.63, 3.8) is 0 Å². The molecule has 2 aromatic rings. The zero-order valence-corrected chi connectivity index (χ0v) is 15.7. The minimum atomic E-state index is -1.12. The van der Waals surface area contributed by atoms with Gasteiger partial charge in [0.25, 0.3) is 0 Å². The van der Waals surface area contributed by atoms with E-state index in [1.165, 1.54) is 24.1 Å². The van der Waals surface area contributed by atoms with Gasteiger partial charge in [-0.05, 0) is 36.2 Å². The van der Waals surface area contributed by atoms with Crippen LogP contribution in [-0.4, -0.2) is 37.4 Å². The van der Waals surface area contributed by atoms with Crippen LogP contribution in [0.4, 0.5) is 14.5 Å². The van der Waals surface area contributed by atoms with E-state index in [0.717, 1.165) is 16.5 Å². The largest absolute Gasteiger partial charge is 0.345 e. The molecule has 4 nitrogen and oxygen atoms in total. The van der Waals surface area contributed by atoms with Gasteiger partial charge in [-0.2, -0.15) is 0 Å². The van der Waals surface area contributed by atoms with Crippen molar-refractivity contribution in [1.82, 2.24) is 4.90 Å². The molecule has 1 aliphatic rings. The number of anilines is 1. The van der Waals surface area contributed by atoms with Gasteiger partial charge in [-0.3, -0.25) is 9.59 Å². The molecule has 0 saturated carbocycles. The zero-order valence-electron chi connectivity index (χ0n) is 15.0. The van der Waals surface area contributed by atoms with Crippen molar-refractivity contribution in [2.45, 2.75) is 12.3 Å². The van der Waals surface area contributed by atoms with Gasteiger partial charge in [0.05, 0.1) is 5.69 Å². The zero-order chi connectivity index (χ0) is 19.7. The maximum Gasteiger partial charge on any atom is 0.240 e. The fraction of sp³-hybridized carbons (Fsp3) is 0.300. The van der Waals surface area contributed by atoms with Crippen molar-refractivity contribution in [3.8, 4) is 0 Å². The molecular weight excluding hydrogens is 374 g/mol. The quantitative estimate of drug-likeness (QED) is 0.744. The Morgan fingerprint density at radius 1 is 1.22 bits per heavy atom. The lowest BCUT2D eigenvalue weighted by molar-refractivity contribution is -0.144. The Morgan fingerprint density at radius 3 is 2.63 bits per heavy atom. The number of piperidine rings is 1. The van der Waals surface area contributed by atoms with Gasteiger partial charge in [-0.1, -0.05) is 29.8 Å². The van der Waals surface area contributed by atoms with Gasteiger partial charge in [-0.25, -0.2) is 8.78 Å². The third kappa shape index (κ3) is 3.67. The van der Waals surface area contributed by atoms with E-state index in [1.54, 1.807) is 25.2 Å². The molecule has 0 radical (unpaired) electrons. The van der Waals surface area contributed by atoms with Crippen molar-refractivity contribution >= 4 is 29.1 Å². The third-order valence-corrected chi connectivity index (χ3v) is 5.22. The number of hydrogen-bond donors (Lipinski definition) is 0. The van der Waals surface area contributed by atoms with Crippen molar-refractivity contribution < 1.29 is 18.4 Å². The SMILES string of the molecule is CN1CC[C@H](c2cccc(Cl)c2)[C@@H](C(=O)N(C)c2cccc(F)c2F)C1=O. The fourth-order valence-electron chi connectivity index (χ4n) is 3.47. The van der Waals surface area contributed by atoms with Crippen molar-refractivity contribution in [2.24, 2.45) is 5.92 Å². The van der Waals surface area contributed by atoms with Crippen LogP contribution in [-0.2, 0) is 9.59 Å². The molecule has 27 heavy (non-hydrogen) atoms. The first-order chi connectivity index (χ1) is 12.8. The molecule has 0 N–H and O–H groups in total. The summed E-state index contributed by atoms with van der Waals surface area (Å²) in [6, 6.07) is 10.6. The lowest BCUT2D eigenvalue weighted by Gasteiger charge is -2.37. The van der Waals surface area contributed by atoms with Crippen LogP contribution in [0, 0.1) is 17.6 Å². The summed E-state index contributed by atoms with van der Waals surface area (Å²) in [6.45, 7) is 0.498. The Morgan fingerprint density at radius 2 is 1.93 bits per heavy atom. The number of nitrogens with zero attached hydrogens (tertiary/aromatic N) is 2. The van der Waals surface area contributed by atoms with Crippen LogP contribution in [0.5, 0.6) is 0 Å². The predicted octanol–water partition coefficient (Wildman–Crippen LogP) is 3.84. The average molecular weight is 393 g/mol. The fourth-order valence-corrected chi connectivity index (χ4v) is 3.67. The molecule has 2 amide bonds. The van der Waals surface area contributed by atoms with Crippen molar-refractivity contribution in [1.29, 1.82) is 0 Å². The summed E-state index contributed by atoms with van der Waals surface area (Å²) in [5.74, 6) is -4.52. The molecule has 142 valence electrons. The number of rotatable bonds is 3.